The minimum atomic E-state index is -0.355. The van der Waals surface area contributed by atoms with Crippen LogP contribution in [-0.4, -0.2) is 49.0 Å². The van der Waals surface area contributed by atoms with Gasteiger partial charge in [-0.25, -0.2) is 9.79 Å². The van der Waals surface area contributed by atoms with Gasteiger partial charge in [0.2, 0.25) is 5.91 Å². The Hall–Kier alpha value is -3.55. The number of aliphatic imine (C=N–C) groups is 1. The van der Waals surface area contributed by atoms with Gasteiger partial charge in [-0.2, -0.15) is 0 Å². The fourth-order valence-corrected chi connectivity index (χ4v) is 2.98. The zero-order valence-corrected chi connectivity index (χ0v) is 17.3. The Labute approximate surface area is 176 Å². The number of guanidine groups is 1. The van der Waals surface area contributed by atoms with Crippen molar-refractivity contribution < 1.29 is 14.3 Å². The summed E-state index contributed by atoms with van der Waals surface area (Å²) in [5.41, 5.74) is 2.06. The molecule has 1 heterocycles. The molecular formula is C22H27N5O3. The van der Waals surface area contributed by atoms with Crippen LogP contribution < -0.4 is 20.7 Å². The van der Waals surface area contributed by atoms with Gasteiger partial charge < -0.3 is 20.7 Å². The van der Waals surface area contributed by atoms with E-state index in [1.807, 2.05) is 62.4 Å². The van der Waals surface area contributed by atoms with E-state index in [9.17, 15) is 9.59 Å². The van der Waals surface area contributed by atoms with Crippen LogP contribution in [0.3, 0.4) is 0 Å². The number of nitrogens with zero attached hydrogens (tertiary/aromatic N) is 2. The van der Waals surface area contributed by atoms with Crippen LogP contribution in [0.1, 0.15) is 18.1 Å². The molecule has 158 valence electrons. The van der Waals surface area contributed by atoms with Crippen LogP contribution in [0.5, 0.6) is 11.5 Å². The molecule has 0 aliphatic carbocycles. The number of imide groups is 1. The molecule has 0 aromatic heterocycles. The summed E-state index contributed by atoms with van der Waals surface area (Å²) >= 11 is 0. The average Bonchev–Trinajstić information content (AvgIpc) is 3.06. The lowest BCUT2D eigenvalue weighted by atomic mass is 10.1. The van der Waals surface area contributed by atoms with Gasteiger partial charge in [0.25, 0.3) is 0 Å². The molecule has 1 saturated heterocycles. The summed E-state index contributed by atoms with van der Waals surface area (Å²) in [6.07, 6.45) is 0. The van der Waals surface area contributed by atoms with E-state index in [0.29, 0.717) is 25.6 Å². The molecule has 3 rings (SSSR count). The Balaban J connectivity index is 1.65. The molecule has 2 aromatic rings. The van der Waals surface area contributed by atoms with Crippen molar-refractivity contribution in [2.75, 3.05) is 26.2 Å². The first kappa shape index (κ1) is 21.2. The summed E-state index contributed by atoms with van der Waals surface area (Å²) in [6, 6.07) is 15.3. The third-order valence-electron chi connectivity index (χ3n) is 4.51. The van der Waals surface area contributed by atoms with E-state index in [2.05, 4.69) is 20.9 Å². The highest BCUT2D eigenvalue weighted by Gasteiger charge is 2.27. The molecule has 2 aromatic carbocycles. The normalized spacial score (nSPS) is 13.9. The summed E-state index contributed by atoms with van der Waals surface area (Å²) in [6.45, 7) is 5.85. The minimum Gasteiger partial charge on any atom is -0.457 e. The summed E-state index contributed by atoms with van der Waals surface area (Å²) in [5, 5.41) is 8.85. The highest BCUT2D eigenvalue weighted by atomic mass is 16.5. The van der Waals surface area contributed by atoms with Crippen molar-refractivity contribution in [2.45, 2.75) is 20.4 Å². The fourth-order valence-electron chi connectivity index (χ4n) is 2.98. The van der Waals surface area contributed by atoms with Crippen molar-refractivity contribution in [1.82, 2.24) is 20.9 Å². The summed E-state index contributed by atoms with van der Waals surface area (Å²) in [7, 11) is 0. The molecule has 0 saturated carbocycles. The van der Waals surface area contributed by atoms with E-state index >= 15 is 0 Å². The molecule has 30 heavy (non-hydrogen) atoms. The number of amides is 3. The van der Waals surface area contributed by atoms with Gasteiger partial charge >= 0.3 is 6.03 Å². The van der Waals surface area contributed by atoms with Gasteiger partial charge in [-0.3, -0.25) is 9.69 Å². The van der Waals surface area contributed by atoms with Crippen molar-refractivity contribution >= 4 is 17.9 Å². The van der Waals surface area contributed by atoms with Gasteiger partial charge in [0, 0.05) is 25.2 Å². The molecule has 1 fully saturated rings. The van der Waals surface area contributed by atoms with E-state index in [4.69, 9.17) is 4.74 Å². The van der Waals surface area contributed by atoms with Crippen molar-refractivity contribution in [3.05, 3.63) is 59.7 Å². The van der Waals surface area contributed by atoms with Crippen molar-refractivity contribution in [2.24, 2.45) is 4.99 Å². The second kappa shape index (κ2) is 10.3. The zero-order chi connectivity index (χ0) is 21.3. The molecule has 3 amide bonds. The lowest BCUT2D eigenvalue weighted by Gasteiger charge is -2.16. The standard InChI is InChI=1S/C22H27N5O3/c1-3-23-21(24-11-12-27-20(28)15-26-22(27)29)25-14-17-10-9-16(2)13-19(17)30-18-7-5-4-6-8-18/h4-10,13H,3,11-12,14-15H2,1-2H3,(H,26,29)(H2,23,24,25). The van der Waals surface area contributed by atoms with Crippen LogP contribution in [0, 0.1) is 6.92 Å². The molecular weight excluding hydrogens is 382 g/mol. The van der Waals surface area contributed by atoms with Crippen LogP contribution >= 0.6 is 0 Å². The lowest BCUT2D eigenvalue weighted by Crippen LogP contribution is -2.43. The first-order valence-corrected chi connectivity index (χ1v) is 9.99. The number of hydrogen-bond donors (Lipinski definition) is 3. The molecule has 0 atom stereocenters. The van der Waals surface area contributed by atoms with E-state index in [-0.39, 0.29) is 25.0 Å². The minimum absolute atomic E-state index is 0.0601. The molecule has 1 aliphatic rings. The van der Waals surface area contributed by atoms with Gasteiger partial charge in [0.05, 0.1) is 13.1 Å². The van der Waals surface area contributed by atoms with Crippen LogP contribution in [0.2, 0.25) is 0 Å². The number of carbonyl (C=O) groups excluding carboxylic acids is 2. The SMILES string of the molecule is CCNC(=NCc1ccc(C)cc1Oc1ccccc1)NCCN1C(=O)CNC1=O. The quantitative estimate of drug-likeness (QED) is 0.354. The monoisotopic (exact) mass is 409 g/mol. The maximum Gasteiger partial charge on any atom is 0.324 e. The zero-order valence-electron chi connectivity index (χ0n) is 17.3. The predicted molar refractivity (Wildman–Crippen MR) is 116 cm³/mol. The van der Waals surface area contributed by atoms with Gasteiger partial charge in [0.15, 0.2) is 5.96 Å². The molecule has 0 unspecified atom stereocenters. The van der Waals surface area contributed by atoms with Crippen molar-refractivity contribution in [3.63, 3.8) is 0 Å². The fraction of sp³-hybridized carbons (Fsp3) is 0.318. The second-order valence-electron chi connectivity index (χ2n) is 6.85. The first-order chi connectivity index (χ1) is 14.6. The number of hydrogen-bond acceptors (Lipinski definition) is 4. The molecule has 0 radical (unpaired) electrons. The largest absolute Gasteiger partial charge is 0.457 e. The summed E-state index contributed by atoms with van der Waals surface area (Å²) < 4.78 is 6.06. The molecule has 0 bridgehead atoms. The van der Waals surface area contributed by atoms with E-state index in [0.717, 1.165) is 22.6 Å². The van der Waals surface area contributed by atoms with E-state index < -0.39 is 0 Å². The van der Waals surface area contributed by atoms with Crippen LogP contribution in [0.25, 0.3) is 0 Å². The Kier molecular flexibility index (Phi) is 7.26. The van der Waals surface area contributed by atoms with Gasteiger partial charge in [-0.05, 0) is 37.6 Å². The van der Waals surface area contributed by atoms with Crippen LogP contribution in [-0.2, 0) is 11.3 Å². The molecule has 8 nitrogen and oxygen atoms in total. The first-order valence-electron chi connectivity index (χ1n) is 9.99. The van der Waals surface area contributed by atoms with Crippen LogP contribution in [0.4, 0.5) is 4.79 Å². The van der Waals surface area contributed by atoms with Crippen molar-refractivity contribution in [3.8, 4) is 11.5 Å². The smallest absolute Gasteiger partial charge is 0.324 e. The second-order valence-corrected chi connectivity index (χ2v) is 6.85. The maximum absolute atomic E-state index is 11.7. The number of aryl methyl sites for hydroxylation is 1. The number of carbonyl (C=O) groups is 2. The number of urea groups is 1. The number of ether oxygens (including phenoxy) is 1. The Morgan fingerprint density at radius 2 is 1.97 bits per heavy atom. The van der Waals surface area contributed by atoms with Crippen LogP contribution in [0.15, 0.2) is 53.5 Å². The molecule has 8 heteroatoms. The Morgan fingerprint density at radius 3 is 2.67 bits per heavy atom. The lowest BCUT2D eigenvalue weighted by molar-refractivity contribution is -0.124. The number of rotatable bonds is 8. The van der Waals surface area contributed by atoms with Gasteiger partial charge in [-0.15, -0.1) is 0 Å². The third kappa shape index (κ3) is 5.73. The molecule has 1 aliphatic heterocycles. The Bertz CT molecular complexity index is 898. The summed E-state index contributed by atoms with van der Waals surface area (Å²) in [5.74, 6) is 1.92. The molecule has 3 N–H and O–H groups in total. The predicted octanol–water partition coefficient (Wildman–Crippen LogP) is 2.39. The van der Waals surface area contributed by atoms with E-state index in [1.165, 1.54) is 4.90 Å². The molecule has 0 spiro atoms. The average molecular weight is 409 g/mol. The maximum atomic E-state index is 11.7. The number of para-hydroxylation sites is 1. The highest BCUT2D eigenvalue weighted by Crippen LogP contribution is 2.27. The van der Waals surface area contributed by atoms with Gasteiger partial charge in [0.1, 0.15) is 11.5 Å². The Morgan fingerprint density at radius 1 is 1.17 bits per heavy atom. The number of nitrogens with one attached hydrogen (secondary N) is 3. The topological polar surface area (TPSA) is 95.1 Å². The van der Waals surface area contributed by atoms with E-state index in [1.54, 1.807) is 0 Å². The van der Waals surface area contributed by atoms with Crippen molar-refractivity contribution in [1.29, 1.82) is 0 Å². The number of benzene rings is 2. The highest BCUT2D eigenvalue weighted by molar-refractivity contribution is 6.01. The third-order valence-corrected chi connectivity index (χ3v) is 4.51. The summed E-state index contributed by atoms with van der Waals surface area (Å²) in [4.78, 5) is 29.1. The van der Waals surface area contributed by atoms with Gasteiger partial charge in [-0.1, -0.05) is 30.3 Å².